The normalized spacial score (nSPS) is 24.0. The summed E-state index contributed by atoms with van der Waals surface area (Å²) < 4.78 is 0. The van der Waals surface area contributed by atoms with Gasteiger partial charge in [0.1, 0.15) is 0 Å². The molecule has 2 N–H and O–H groups in total. The monoisotopic (exact) mass is 257 g/mol. The van der Waals surface area contributed by atoms with Crippen molar-refractivity contribution < 1.29 is 4.79 Å². The molecule has 2 saturated heterocycles. The molecule has 3 aliphatic heterocycles. The van der Waals surface area contributed by atoms with Crippen LogP contribution in [0.25, 0.3) is 0 Å². The molecule has 0 aliphatic carbocycles. The van der Waals surface area contributed by atoms with Crippen LogP contribution in [-0.4, -0.2) is 32.1 Å². The van der Waals surface area contributed by atoms with E-state index in [9.17, 15) is 4.79 Å². The van der Waals surface area contributed by atoms with E-state index < -0.39 is 0 Å². The van der Waals surface area contributed by atoms with Crippen LogP contribution in [0.1, 0.15) is 28.8 Å². The van der Waals surface area contributed by atoms with Crippen molar-refractivity contribution in [2.75, 3.05) is 31.1 Å². The largest absolute Gasteiger partial charge is 0.371 e. The number of benzene rings is 1. The van der Waals surface area contributed by atoms with E-state index in [0.29, 0.717) is 12.0 Å². The summed E-state index contributed by atoms with van der Waals surface area (Å²) in [5, 5.41) is 6.28. The molecule has 0 unspecified atom stereocenters. The molecular formula is C15H19N3O. The first kappa shape index (κ1) is 11.3. The maximum atomic E-state index is 11.6. The molecule has 0 atom stereocenters. The number of amides is 1. The van der Waals surface area contributed by atoms with E-state index >= 15 is 0 Å². The van der Waals surface area contributed by atoms with Gasteiger partial charge < -0.3 is 15.5 Å². The Balaban J connectivity index is 1.52. The summed E-state index contributed by atoms with van der Waals surface area (Å²) in [5.41, 5.74) is 3.86. The minimum atomic E-state index is 0.0692. The van der Waals surface area contributed by atoms with Crippen molar-refractivity contribution in [3.05, 3.63) is 29.3 Å². The number of carbonyl (C=O) groups excluding carboxylic acids is 1. The fourth-order valence-electron chi connectivity index (χ4n) is 3.49. The highest BCUT2D eigenvalue weighted by Crippen LogP contribution is 2.36. The Labute approximate surface area is 113 Å². The van der Waals surface area contributed by atoms with Crippen LogP contribution in [0.15, 0.2) is 18.2 Å². The maximum Gasteiger partial charge on any atom is 0.251 e. The maximum absolute atomic E-state index is 11.6. The van der Waals surface area contributed by atoms with Gasteiger partial charge in [0, 0.05) is 44.0 Å². The number of hydrogen-bond acceptors (Lipinski definition) is 3. The van der Waals surface area contributed by atoms with Gasteiger partial charge in [-0.15, -0.1) is 0 Å². The number of nitrogens with one attached hydrogen (secondary N) is 2. The summed E-state index contributed by atoms with van der Waals surface area (Å²) in [7, 11) is 0. The zero-order valence-corrected chi connectivity index (χ0v) is 11.0. The lowest BCUT2D eigenvalue weighted by Crippen LogP contribution is -2.58. The zero-order valence-electron chi connectivity index (χ0n) is 11.0. The fourth-order valence-corrected chi connectivity index (χ4v) is 3.49. The Hall–Kier alpha value is -1.55. The number of anilines is 1. The molecule has 100 valence electrons. The summed E-state index contributed by atoms with van der Waals surface area (Å²) in [4.78, 5) is 14.0. The summed E-state index contributed by atoms with van der Waals surface area (Å²) in [6, 6.07) is 6.26. The number of nitrogens with zero attached hydrogens (tertiary/aromatic N) is 1. The van der Waals surface area contributed by atoms with E-state index in [1.807, 2.05) is 6.07 Å². The highest BCUT2D eigenvalue weighted by molar-refractivity contribution is 5.98. The molecule has 4 rings (SSSR count). The average molecular weight is 257 g/mol. The molecule has 0 saturated carbocycles. The van der Waals surface area contributed by atoms with Crippen LogP contribution in [0.5, 0.6) is 0 Å². The van der Waals surface area contributed by atoms with Crippen molar-refractivity contribution in [3.8, 4) is 0 Å². The number of fused-ring (bicyclic) bond motifs is 1. The second-order valence-corrected chi connectivity index (χ2v) is 6.11. The third-order valence-corrected chi connectivity index (χ3v) is 4.96. The number of hydrogen-bond donors (Lipinski definition) is 2. The minimum Gasteiger partial charge on any atom is -0.371 e. The first-order chi connectivity index (χ1) is 9.26. The van der Waals surface area contributed by atoms with Gasteiger partial charge in [0.15, 0.2) is 0 Å². The summed E-state index contributed by atoms with van der Waals surface area (Å²) in [6.07, 6.45) is 2.57. The zero-order chi connectivity index (χ0) is 12.9. The van der Waals surface area contributed by atoms with Crippen molar-refractivity contribution in [3.63, 3.8) is 0 Å². The van der Waals surface area contributed by atoms with E-state index in [1.54, 1.807) is 0 Å². The third kappa shape index (κ3) is 1.74. The second-order valence-electron chi connectivity index (χ2n) is 6.11. The first-order valence-corrected chi connectivity index (χ1v) is 7.13. The highest BCUT2D eigenvalue weighted by Gasteiger charge is 2.39. The summed E-state index contributed by atoms with van der Waals surface area (Å²) in [5.74, 6) is 0.0692. The van der Waals surface area contributed by atoms with Gasteiger partial charge in [0.2, 0.25) is 0 Å². The molecule has 3 aliphatic rings. The van der Waals surface area contributed by atoms with Crippen LogP contribution in [0.2, 0.25) is 0 Å². The molecule has 4 heteroatoms. The van der Waals surface area contributed by atoms with Gasteiger partial charge >= 0.3 is 0 Å². The Morgan fingerprint density at radius 3 is 2.63 bits per heavy atom. The van der Waals surface area contributed by atoms with E-state index in [0.717, 1.165) is 24.2 Å². The van der Waals surface area contributed by atoms with Crippen LogP contribution < -0.4 is 15.5 Å². The Morgan fingerprint density at radius 2 is 1.95 bits per heavy atom. The van der Waals surface area contributed by atoms with E-state index in [4.69, 9.17) is 0 Å². The van der Waals surface area contributed by atoms with E-state index in [-0.39, 0.29) is 5.91 Å². The van der Waals surface area contributed by atoms with Gasteiger partial charge in [-0.2, -0.15) is 0 Å². The molecule has 2 fully saturated rings. The molecule has 0 radical (unpaired) electrons. The number of rotatable bonds is 1. The van der Waals surface area contributed by atoms with Crippen molar-refractivity contribution >= 4 is 11.6 Å². The van der Waals surface area contributed by atoms with Crippen molar-refractivity contribution in [2.45, 2.75) is 19.4 Å². The van der Waals surface area contributed by atoms with E-state index in [1.165, 1.54) is 31.6 Å². The molecule has 1 spiro atoms. The molecular weight excluding hydrogens is 238 g/mol. The van der Waals surface area contributed by atoms with Crippen LogP contribution >= 0.6 is 0 Å². The second kappa shape index (κ2) is 3.97. The van der Waals surface area contributed by atoms with Gasteiger partial charge in [-0.1, -0.05) is 0 Å². The van der Waals surface area contributed by atoms with Crippen LogP contribution in [0.3, 0.4) is 0 Å². The SMILES string of the molecule is O=C1NCc2cc(N3CCC4(CC3)CNC4)ccc21. The van der Waals surface area contributed by atoms with Gasteiger partial charge in [-0.25, -0.2) is 0 Å². The first-order valence-electron chi connectivity index (χ1n) is 7.13. The quantitative estimate of drug-likeness (QED) is 0.792. The van der Waals surface area contributed by atoms with Crippen LogP contribution in [-0.2, 0) is 6.54 Å². The molecule has 19 heavy (non-hydrogen) atoms. The third-order valence-electron chi connectivity index (χ3n) is 4.96. The van der Waals surface area contributed by atoms with Gasteiger partial charge in [-0.3, -0.25) is 4.79 Å². The van der Waals surface area contributed by atoms with Crippen LogP contribution in [0, 0.1) is 5.41 Å². The molecule has 3 heterocycles. The Kier molecular flexibility index (Phi) is 2.36. The smallest absolute Gasteiger partial charge is 0.251 e. The lowest BCUT2D eigenvalue weighted by atomic mass is 9.73. The van der Waals surface area contributed by atoms with Gasteiger partial charge in [0.25, 0.3) is 5.91 Å². The van der Waals surface area contributed by atoms with Crippen molar-refractivity contribution in [1.82, 2.24) is 10.6 Å². The number of piperidine rings is 1. The molecule has 4 nitrogen and oxygen atoms in total. The Morgan fingerprint density at radius 1 is 1.16 bits per heavy atom. The lowest BCUT2D eigenvalue weighted by molar-refractivity contribution is 0.0966. The topological polar surface area (TPSA) is 44.4 Å². The van der Waals surface area contributed by atoms with Gasteiger partial charge in [0.05, 0.1) is 0 Å². The number of carbonyl (C=O) groups is 1. The fraction of sp³-hybridized carbons (Fsp3) is 0.533. The standard InChI is InChI=1S/C15H19N3O/c19-14-13-2-1-12(7-11(13)8-17-14)18-5-3-15(4-6-18)9-16-10-15/h1-2,7,16H,3-6,8-10H2,(H,17,19). The summed E-state index contributed by atoms with van der Waals surface area (Å²) in [6.45, 7) is 5.36. The van der Waals surface area contributed by atoms with E-state index in [2.05, 4.69) is 27.7 Å². The predicted molar refractivity (Wildman–Crippen MR) is 74.4 cm³/mol. The predicted octanol–water partition coefficient (Wildman–Crippen LogP) is 1.12. The molecule has 1 aromatic rings. The average Bonchev–Trinajstić information content (AvgIpc) is 2.78. The minimum absolute atomic E-state index is 0.0692. The molecule has 0 aromatic heterocycles. The van der Waals surface area contributed by atoms with Crippen LogP contribution in [0.4, 0.5) is 5.69 Å². The van der Waals surface area contributed by atoms with Gasteiger partial charge in [-0.05, 0) is 42.0 Å². The molecule has 0 bridgehead atoms. The summed E-state index contributed by atoms with van der Waals surface area (Å²) >= 11 is 0. The van der Waals surface area contributed by atoms with Crippen molar-refractivity contribution in [1.29, 1.82) is 0 Å². The molecule has 1 aromatic carbocycles. The van der Waals surface area contributed by atoms with Crippen molar-refractivity contribution in [2.24, 2.45) is 5.41 Å². The Bertz CT molecular complexity index is 526. The highest BCUT2D eigenvalue weighted by atomic mass is 16.1. The molecule has 1 amide bonds. The lowest BCUT2D eigenvalue weighted by Gasteiger charge is -2.49.